The number of aromatic nitrogens is 2. The molecule has 0 saturated carbocycles. The number of hydrogen-bond donors (Lipinski definition) is 2. The van der Waals surface area contributed by atoms with Crippen LogP contribution >= 0.6 is 0 Å². The largest absolute Gasteiger partial charge is 0.490 e. The van der Waals surface area contributed by atoms with Crippen molar-refractivity contribution in [2.24, 2.45) is 0 Å². The van der Waals surface area contributed by atoms with E-state index >= 15 is 0 Å². The molecule has 0 spiro atoms. The van der Waals surface area contributed by atoms with Gasteiger partial charge in [0.05, 0.1) is 13.2 Å². The lowest BCUT2D eigenvalue weighted by atomic mass is 10.1. The molecule has 1 unspecified atom stereocenters. The Morgan fingerprint density at radius 1 is 1.19 bits per heavy atom. The molecule has 2 rings (SSSR count). The fourth-order valence-corrected chi connectivity index (χ4v) is 2.57. The number of benzene rings is 1. The van der Waals surface area contributed by atoms with Gasteiger partial charge in [-0.3, -0.25) is 4.79 Å². The zero-order valence-electron chi connectivity index (χ0n) is 15.8. The molecule has 1 atom stereocenters. The van der Waals surface area contributed by atoms with Crippen LogP contribution in [0.4, 0.5) is 0 Å². The molecule has 0 bridgehead atoms. The third-order valence-electron chi connectivity index (χ3n) is 3.93. The number of aliphatic carboxylic acids is 1. The second kappa shape index (κ2) is 9.61. The second-order valence-corrected chi connectivity index (χ2v) is 5.83. The van der Waals surface area contributed by atoms with Gasteiger partial charge >= 0.3 is 5.97 Å². The molecular weight excluding hydrogens is 350 g/mol. The molecule has 1 heterocycles. The Morgan fingerprint density at radius 3 is 2.56 bits per heavy atom. The Bertz CT molecular complexity index is 787. The van der Waals surface area contributed by atoms with E-state index in [-0.39, 0.29) is 11.6 Å². The summed E-state index contributed by atoms with van der Waals surface area (Å²) in [4.78, 5) is 23.5. The van der Waals surface area contributed by atoms with Crippen molar-refractivity contribution in [3.05, 3.63) is 41.7 Å². The average Bonchev–Trinajstić information content (AvgIpc) is 3.13. The molecule has 2 N–H and O–H groups in total. The molecule has 1 aromatic carbocycles. The Kier molecular flexibility index (Phi) is 7.22. The highest BCUT2D eigenvalue weighted by atomic mass is 16.5. The monoisotopic (exact) mass is 375 g/mol. The molecule has 8 nitrogen and oxygen atoms in total. The van der Waals surface area contributed by atoms with Crippen LogP contribution in [0, 0.1) is 0 Å². The van der Waals surface area contributed by atoms with Crippen molar-refractivity contribution in [3.63, 3.8) is 0 Å². The van der Waals surface area contributed by atoms with E-state index in [2.05, 4.69) is 10.4 Å². The highest BCUT2D eigenvalue weighted by molar-refractivity contribution is 5.93. The first-order valence-corrected chi connectivity index (χ1v) is 8.90. The van der Waals surface area contributed by atoms with Crippen LogP contribution in [-0.2, 0) is 11.2 Å². The lowest BCUT2D eigenvalue weighted by molar-refractivity contribution is -0.140. The third kappa shape index (κ3) is 5.22. The highest BCUT2D eigenvalue weighted by Gasteiger charge is 2.20. The van der Waals surface area contributed by atoms with Gasteiger partial charge in [-0.1, -0.05) is 6.07 Å². The lowest BCUT2D eigenvalue weighted by Crippen LogP contribution is -2.30. The standard InChI is InChI=1S/C19H25N3O5/c1-4-26-16-7-6-14(12-17(16)27-5-2)8-10-20-18(23)15-9-11-21-22(15)13(3)19(24)25/h6-7,9,11-13H,4-5,8,10H2,1-3H3,(H,20,23)(H,24,25). The summed E-state index contributed by atoms with van der Waals surface area (Å²) in [5.41, 5.74) is 1.21. The molecule has 1 amide bonds. The summed E-state index contributed by atoms with van der Waals surface area (Å²) in [6, 6.07) is 6.27. The quantitative estimate of drug-likeness (QED) is 0.661. The topological polar surface area (TPSA) is 103 Å². The van der Waals surface area contributed by atoms with Gasteiger partial charge in [0.2, 0.25) is 0 Å². The maximum absolute atomic E-state index is 12.3. The van der Waals surface area contributed by atoms with Gasteiger partial charge in [-0.05, 0) is 51.0 Å². The average molecular weight is 375 g/mol. The van der Waals surface area contributed by atoms with E-state index in [9.17, 15) is 9.59 Å². The summed E-state index contributed by atoms with van der Waals surface area (Å²) < 4.78 is 12.3. The number of hydrogen-bond acceptors (Lipinski definition) is 5. The number of amides is 1. The summed E-state index contributed by atoms with van der Waals surface area (Å²) in [7, 11) is 0. The number of rotatable bonds is 10. The van der Waals surface area contributed by atoms with Crippen LogP contribution in [0.2, 0.25) is 0 Å². The summed E-state index contributed by atoms with van der Waals surface area (Å²) in [5, 5.41) is 15.8. The number of carboxylic acids is 1. The van der Waals surface area contributed by atoms with Crippen LogP contribution in [0.25, 0.3) is 0 Å². The molecule has 2 aromatic rings. The van der Waals surface area contributed by atoms with Gasteiger partial charge < -0.3 is 19.9 Å². The first kappa shape index (κ1) is 20.3. The molecule has 8 heteroatoms. The number of carbonyl (C=O) groups excluding carboxylic acids is 1. The van der Waals surface area contributed by atoms with Gasteiger partial charge in [0.1, 0.15) is 11.7 Å². The normalized spacial score (nSPS) is 11.7. The molecule has 0 fully saturated rings. The minimum absolute atomic E-state index is 0.214. The number of ether oxygens (including phenoxy) is 2. The maximum Gasteiger partial charge on any atom is 0.328 e. The van der Waals surface area contributed by atoms with E-state index in [1.807, 2.05) is 32.0 Å². The predicted molar refractivity (Wildman–Crippen MR) is 99.4 cm³/mol. The fourth-order valence-electron chi connectivity index (χ4n) is 2.57. The van der Waals surface area contributed by atoms with Crippen LogP contribution in [0.5, 0.6) is 11.5 Å². The number of carboxylic acid groups (broad SMARTS) is 1. The van der Waals surface area contributed by atoms with Crippen molar-refractivity contribution in [2.45, 2.75) is 33.2 Å². The van der Waals surface area contributed by atoms with Gasteiger partial charge in [0.25, 0.3) is 5.91 Å². The van der Waals surface area contributed by atoms with Crippen LogP contribution in [0.15, 0.2) is 30.5 Å². The molecule has 0 aliphatic heterocycles. The van der Waals surface area contributed by atoms with Gasteiger partial charge in [-0.25, -0.2) is 9.48 Å². The molecule has 0 saturated heterocycles. The van der Waals surface area contributed by atoms with E-state index in [1.165, 1.54) is 23.9 Å². The number of nitrogens with zero attached hydrogens (tertiary/aromatic N) is 2. The molecule has 0 aliphatic carbocycles. The summed E-state index contributed by atoms with van der Waals surface area (Å²) in [6.45, 7) is 6.77. The van der Waals surface area contributed by atoms with Crippen molar-refractivity contribution in [1.82, 2.24) is 15.1 Å². The van der Waals surface area contributed by atoms with E-state index in [4.69, 9.17) is 14.6 Å². The van der Waals surface area contributed by atoms with Gasteiger partial charge in [0, 0.05) is 12.7 Å². The first-order chi connectivity index (χ1) is 13.0. The van der Waals surface area contributed by atoms with Crippen molar-refractivity contribution in [2.75, 3.05) is 19.8 Å². The van der Waals surface area contributed by atoms with E-state index in [0.717, 1.165) is 5.56 Å². The maximum atomic E-state index is 12.3. The molecule has 0 radical (unpaired) electrons. The van der Waals surface area contributed by atoms with Crippen molar-refractivity contribution >= 4 is 11.9 Å². The third-order valence-corrected chi connectivity index (χ3v) is 3.93. The lowest BCUT2D eigenvalue weighted by Gasteiger charge is -2.13. The predicted octanol–water partition coefficient (Wildman–Crippen LogP) is 2.30. The van der Waals surface area contributed by atoms with E-state index in [0.29, 0.717) is 37.7 Å². The minimum atomic E-state index is -1.05. The Balaban J connectivity index is 1.98. The summed E-state index contributed by atoms with van der Waals surface area (Å²) >= 11 is 0. The SMILES string of the molecule is CCOc1ccc(CCNC(=O)c2ccnn2C(C)C(=O)O)cc1OCC. The second-order valence-electron chi connectivity index (χ2n) is 5.83. The van der Waals surface area contributed by atoms with Crippen LogP contribution in [-0.4, -0.2) is 46.5 Å². The van der Waals surface area contributed by atoms with E-state index in [1.54, 1.807) is 0 Å². The Labute approximate surface area is 158 Å². The van der Waals surface area contributed by atoms with Crippen LogP contribution in [0.3, 0.4) is 0 Å². The van der Waals surface area contributed by atoms with Gasteiger partial charge in [-0.15, -0.1) is 0 Å². The zero-order valence-corrected chi connectivity index (χ0v) is 15.8. The zero-order chi connectivity index (χ0) is 19.8. The van der Waals surface area contributed by atoms with Crippen LogP contribution < -0.4 is 14.8 Å². The molecule has 146 valence electrons. The first-order valence-electron chi connectivity index (χ1n) is 8.90. The van der Waals surface area contributed by atoms with Gasteiger partial charge in [-0.2, -0.15) is 5.10 Å². The molecule has 27 heavy (non-hydrogen) atoms. The number of nitrogens with one attached hydrogen (secondary N) is 1. The highest BCUT2D eigenvalue weighted by Crippen LogP contribution is 2.28. The van der Waals surface area contributed by atoms with Gasteiger partial charge in [0.15, 0.2) is 11.5 Å². The van der Waals surface area contributed by atoms with Crippen molar-refractivity contribution < 1.29 is 24.2 Å². The Morgan fingerprint density at radius 2 is 1.89 bits per heavy atom. The van der Waals surface area contributed by atoms with E-state index < -0.39 is 12.0 Å². The van der Waals surface area contributed by atoms with Crippen molar-refractivity contribution in [1.29, 1.82) is 0 Å². The van der Waals surface area contributed by atoms with Crippen LogP contribution in [0.1, 0.15) is 42.9 Å². The van der Waals surface area contributed by atoms with Crippen molar-refractivity contribution in [3.8, 4) is 11.5 Å². The minimum Gasteiger partial charge on any atom is -0.490 e. The molecule has 1 aromatic heterocycles. The number of carbonyl (C=O) groups is 2. The fraction of sp³-hybridized carbons (Fsp3) is 0.421. The molecular formula is C19H25N3O5. The summed E-state index contributed by atoms with van der Waals surface area (Å²) in [6.07, 6.45) is 2.01. The smallest absolute Gasteiger partial charge is 0.328 e. The summed E-state index contributed by atoms with van der Waals surface area (Å²) in [5.74, 6) is -0.0441. The molecule has 0 aliphatic rings. The Hall–Kier alpha value is -3.03.